The van der Waals surface area contributed by atoms with E-state index in [0.717, 1.165) is 31.2 Å². The molecule has 21 heavy (non-hydrogen) atoms. The third-order valence-corrected chi connectivity index (χ3v) is 4.10. The summed E-state index contributed by atoms with van der Waals surface area (Å²) in [7, 11) is 0. The van der Waals surface area contributed by atoms with Gasteiger partial charge < -0.3 is 20.8 Å². The second kappa shape index (κ2) is 7.88. The molecule has 0 saturated heterocycles. The average molecular weight is 292 g/mol. The largest absolute Gasteiger partial charge is 0.508 e. The Balaban J connectivity index is 1.81. The monoisotopic (exact) mass is 292 g/mol. The molecule has 5 heteroatoms. The highest BCUT2D eigenvalue weighted by Crippen LogP contribution is 2.23. The molecule has 0 radical (unpaired) electrons. The predicted molar refractivity (Wildman–Crippen MR) is 80.9 cm³/mol. The van der Waals surface area contributed by atoms with Crippen molar-refractivity contribution in [2.24, 2.45) is 5.92 Å². The first-order chi connectivity index (χ1) is 10.2. The Kier molecular flexibility index (Phi) is 5.87. The van der Waals surface area contributed by atoms with Gasteiger partial charge in [0.1, 0.15) is 5.75 Å². The minimum atomic E-state index is -0.201. The van der Waals surface area contributed by atoms with Crippen molar-refractivity contribution in [2.45, 2.75) is 44.7 Å². The third-order valence-electron chi connectivity index (χ3n) is 4.10. The first-order valence-corrected chi connectivity index (χ1v) is 7.62. The second-order valence-electron chi connectivity index (χ2n) is 5.68. The number of nitrogens with one attached hydrogen (secondary N) is 2. The van der Waals surface area contributed by atoms with Crippen LogP contribution in [0.4, 0.5) is 4.79 Å². The number of hydrogen-bond acceptors (Lipinski definition) is 3. The Labute approximate surface area is 125 Å². The summed E-state index contributed by atoms with van der Waals surface area (Å²) in [6, 6.07) is 6.60. The summed E-state index contributed by atoms with van der Waals surface area (Å²) >= 11 is 0. The quantitative estimate of drug-likeness (QED) is 0.642. The first kappa shape index (κ1) is 15.6. The van der Waals surface area contributed by atoms with Crippen molar-refractivity contribution in [2.75, 3.05) is 6.61 Å². The lowest BCUT2D eigenvalue weighted by Crippen LogP contribution is -2.45. The Morgan fingerprint density at radius 1 is 1.14 bits per heavy atom. The topological polar surface area (TPSA) is 81.6 Å². The number of benzene rings is 1. The molecule has 1 fully saturated rings. The van der Waals surface area contributed by atoms with Crippen LogP contribution >= 0.6 is 0 Å². The highest BCUT2D eigenvalue weighted by atomic mass is 16.3. The van der Waals surface area contributed by atoms with Gasteiger partial charge >= 0.3 is 6.03 Å². The SMILES string of the molecule is O=C(NCc1ccc(O)cc1)NC1CCCCCC1CO. The van der Waals surface area contributed by atoms with Crippen molar-refractivity contribution in [1.82, 2.24) is 10.6 Å². The van der Waals surface area contributed by atoms with E-state index < -0.39 is 0 Å². The van der Waals surface area contributed by atoms with Crippen LogP contribution in [0.15, 0.2) is 24.3 Å². The zero-order valence-corrected chi connectivity index (χ0v) is 12.2. The molecule has 1 aliphatic rings. The maximum absolute atomic E-state index is 12.0. The molecule has 4 N–H and O–H groups in total. The molecule has 1 aliphatic carbocycles. The van der Waals surface area contributed by atoms with Crippen LogP contribution in [0.25, 0.3) is 0 Å². The number of aliphatic hydroxyl groups is 1. The fraction of sp³-hybridized carbons (Fsp3) is 0.562. The Morgan fingerprint density at radius 3 is 2.57 bits per heavy atom. The Bertz CT molecular complexity index is 447. The number of rotatable bonds is 4. The van der Waals surface area contributed by atoms with Gasteiger partial charge in [-0.1, -0.05) is 31.4 Å². The maximum atomic E-state index is 12.0. The molecule has 2 unspecified atom stereocenters. The van der Waals surface area contributed by atoms with Crippen molar-refractivity contribution in [3.05, 3.63) is 29.8 Å². The average Bonchev–Trinajstić information content (AvgIpc) is 2.71. The molecule has 5 nitrogen and oxygen atoms in total. The van der Waals surface area contributed by atoms with Gasteiger partial charge in [-0.3, -0.25) is 0 Å². The van der Waals surface area contributed by atoms with Crippen molar-refractivity contribution in [3.8, 4) is 5.75 Å². The van der Waals surface area contributed by atoms with E-state index in [9.17, 15) is 15.0 Å². The van der Waals surface area contributed by atoms with Crippen LogP contribution in [0, 0.1) is 5.92 Å². The molecule has 116 valence electrons. The number of carbonyl (C=O) groups excluding carboxylic acids is 1. The fourth-order valence-electron chi connectivity index (χ4n) is 2.81. The highest BCUT2D eigenvalue weighted by molar-refractivity contribution is 5.74. The Hall–Kier alpha value is -1.75. The van der Waals surface area contributed by atoms with Crippen LogP contribution < -0.4 is 10.6 Å². The van der Waals surface area contributed by atoms with Gasteiger partial charge in [0.15, 0.2) is 0 Å². The molecular formula is C16H24N2O3. The number of amides is 2. The molecular weight excluding hydrogens is 268 g/mol. The summed E-state index contributed by atoms with van der Waals surface area (Å²) in [5, 5.41) is 24.4. The molecule has 0 bridgehead atoms. The van der Waals surface area contributed by atoms with Gasteiger partial charge in [0.25, 0.3) is 0 Å². The molecule has 0 spiro atoms. The fourth-order valence-corrected chi connectivity index (χ4v) is 2.81. The van der Waals surface area contributed by atoms with Crippen LogP contribution in [-0.2, 0) is 6.54 Å². The van der Waals surface area contributed by atoms with E-state index in [4.69, 9.17) is 0 Å². The van der Waals surface area contributed by atoms with Gasteiger partial charge in [0.2, 0.25) is 0 Å². The van der Waals surface area contributed by atoms with E-state index in [0.29, 0.717) is 6.54 Å². The van der Waals surface area contributed by atoms with Gasteiger partial charge in [0, 0.05) is 25.1 Å². The molecule has 1 aromatic rings. The van der Waals surface area contributed by atoms with Crippen LogP contribution in [0.2, 0.25) is 0 Å². The van der Waals surface area contributed by atoms with Crippen LogP contribution in [0.1, 0.15) is 37.7 Å². The number of aliphatic hydroxyl groups excluding tert-OH is 1. The molecule has 0 aliphatic heterocycles. The van der Waals surface area contributed by atoms with Gasteiger partial charge in [-0.2, -0.15) is 0 Å². The van der Waals surface area contributed by atoms with E-state index in [1.54, 1.807) is 24.3 Å². The van der Waals surface area contributed by atoms with Gasteiger partial charge in [-0.15, -0.1) is 0 Å². The zero-order valence-electron chi connectivity index (χ0n) is 12.2. The van der Waals surface area contributed by atoms with Crippen LogP contribution in [-0.4, -0.2) is 28.9 Å². The molecule has 2 amide bonds. The van der Waals surface area contributed by atoms with Crippen molar-refractivity contribution in [3.63, 3.8) is 0 Å². The number of phenolic OH excluding ortho intramolecular Hbond substituents is 1. The first-order valence-electron chi connectivity index (χ1n) is 7.62. The highest BCUT2D eigenvalue weighted by Gasteiger charge is 2.24. The minimum Gasteiger partial charge on any atom is -0.508 e. The summed E-state index contributed by atoms with van der Waals surface area (Å²) in [5.41, 5.74) is 0.933. The standard InChI is InChI=1S/C16H24N2O3/c19-11-13-4-2-1-3-5-15(13)18-16(21)17-10-12-6-8-14(20)9-7-12/h6-9,13,15,19-20H,1-5,10-11H2,(H2,17,18,21). The number of carbonyl (C=O) groups is 1. The molecule has 1 saturated carbocycles. The summed E-state index contributed by atoms with van der Waals surface area (Å²) in [6.45, 7) is 0.547. The van der Waals surface area contributed by atoms with Gasteiger partial charge in [0.05, 0.1) is 0 Å². The number of hydrogen-bond donors (Lipinski definition) is 4. The molecule has 0 aromatic heterocycles. The van der Waals surface area contributed by atoms with Crippen molar-refractivity contribution in [1.29, 1.82) is 0 Å². The van der Waals surface area contributed by atoms with Crippen LogP contribution in [0.3, 0.4) is 0 Å². The third kappa shape index (κ3) is 4.93. The summed E-state index contributed by atoms with van der Waals surface area (Å²) < 4.78 is 0. The van der Waals surface area contributed by atoms with E-state index in [1.807, 2.05) is 0 Å². The van der Waals surface area contributed by atoms with Gasteiger partial charge in [-0.25, -0.2) is 4.79 Å². The lowest BCUT2D eigenvalue weighted by Gasteiger charge is -2.24. The van der Waals surface area contributed by atoms with Crippen LogP contribution in [0.5, 0.6) is 5.75 Å². The van der Waals surface area contributed by atoms with E-state index in [-0.39, 0.29) is 30.3 Å². The molecule has 2 rings (SSSR count). The molecule has 2 atom stereocenters. The van der Waals surface area contributed by atoms with Crippen molar-refractivity contribution >= 4 is 6.03 Å². The molecule has 0 heterocycles. The number of urea groups is 1. The lowest BCUT2D eigenvalue weighted by molar-refractivity contribution is 0.179. The molecule has 1 aromatic carbocycles. The summed E-state index contributed by atoms with van der Waals surface area (Å²) in [6.07, 6.45) is 5.29. The summed E-state index contributed by atoms with van der Waals surface area (Å²) in [5.74, 6) is 0.374. The normalized spacial score (nSPS) is 22.3. The van der Waals surface area contributed by atoms with Gasteiger partial charge in [-0.05, 0) is 30.5 Å². The van der Waals surface area contributed by atoms with E-state index in [2.05, 4.69) is 10.6 Å². The minimum absolute atomic E-state index is 0.0531. The Morgan fingerprint density at radius 2 is 1.86 bits per heavy atom. The maximum Gasteiger partial charge on any atom is 0.315 e. The zero-order chi connectivity index (χ0) is 15.1. The van der Waals surface area contributed by atoms with E-state index in [1.165, 1.54) is 6.42 Å². The second-order valence-corrected chi connectivity index (χ2v) is 5.68. The number of aromatic hydroxyl groups is 1. The lowest BCUT2D eigenvalue weighted by atomic mass is 9.96. The smallest absolute Gasteiger partial charge is 0.315 e. The summed E-state index contributed by atoms with van der Waals surface area (Å²) in [4.78, 5) is 12.0. The van der Waals surface area contributed by atoms with Crippen molar-refractivity contribution < 1.29 is 15.0 Å². The number of phenols is 1. The van der Waals surface area contributed by atoms with E-state index >= 15 is 0 Å². The predicted octanol–water partition coefficient (Wildman–Crippen LogP) is 2.13.